The molecule has 0 bridgehead atoms. The zero-order valence-electron chi connectivity index (χ0n) is 12.7. The van der Waals surface area contributed by atoms with Gasteiger partial charge in [-0.25, -0.2) is 0 Å². The minimum absolute atomic E-state index is 0.472. The highest BCUT2D eigenvalue weighted by Gasteiger charge is 2.31. The average molecular weight is 315 g/mol. The summed E-state index contributed by atoms with van der Waals surface area (Å²) in [6, 6.07) is 6.80. The molecule has 0 radical (unpaired) electrons. The van der Waals surface area contributed by atoms with Gasteiger partial charge in [0, 0.05) is 40.9 Å². The summed E-state index contributed by atoms with van der Waals surface area (Å²) in [6.07, 6.45) is 0. The molecule has 1 aromatic rings. The van der Waals surface area contributed by atoms with E-state index in [1.165, 1.54) is 0 Å². The minimum atomic E-state index is 0.472. The molecule has 0 aliphatic carbocycles. The highest BCUT2D eigenvalue weighted by Crippen LogP contribution is 2.30. The van der Waals surface area contributed by atoms with Crippen molar-refractivity contribution in [2.45, 2.75) is 39.8 Å². The summed E-state index contributed by atoms with van der Waals surface area (Å²) < 4.78 is 0. The Labute approximate surface area is 132 Å². The monoisotopic (exact) mass is 314 g/mol. The Bertz CT molecular complexity index is 440. The van der Waals surface area contributed by atoms with Crippen molar-refractivity contribution in [3.63, 3.8) is 0 Å². The second-order valence-corrected chi connectivity index (χ2v) is 7.22. The first kappa shape index (κ1) is 15.9. The van der Waals surface area contributed by atoms with Gasteiger partial charge >= 0.3 is 0 Å². The summed E-state index contributed by atoms with van der Waals surface area (Å²) in [7, 11) is 0. The van der Waals surface area contributed by atoms with E-state index in [1.807, 2.05) is 12.1 Å². The molecule has 2 atom stereocenters. The zero-order valence-corrected chi connectivity index (χ0v) is 14.2. The Kier molecular flexibility index (Phi) is 5.22. The van der Waals surface area contributed by atoms with Crippen molar-refractivity contribution in [1.29, 1.82) is 0 Å². The number of halogens is 2. The van der Waals surface area contributed by atoms with Crippen LogP contribution in [0.15, 0.2) is 18.2 Å². The molecule has 1 aromatic carbocycles. The molecule has 20 heavy (non-hydrogen) atoms. The first-order valence-electron chi connectivity index (χ1n) is 7.34. The largest absolute Gasteiger partial charge is 0.365 e. The van der Waals surface area contributed by atoms with Crippen LogP contribution in [0.3, 0.4) is 0 Å². The first-order valence-corrected chi connectivity index (χ1v) is 8.10. The van der Waals surface area contributed by atoms with Gasteiger partial charge in [-0.05, 0) is 30.0 Å². The quantitative estimate of drug-likeness (QED) is 0.886. The number of rotatable bonds is 3. The van der Waals surface area contributed by atoms with Crippen LogP contribution in [0.2, 0.25) is 10.0 Å². The van der Waals surface area contributed by atoms with E-state index in [9.17, 15) is 0 Å². The van der Waals surface area contributed by atoms with Gasteiger partial charge in [0.05, 0.1) is 0 Å². The van der Waals surface area contributed by atoms with E-state index in [2.05, 4.69) is 37.9 Å². The third-order valence-electron chi connectivity index (χ3n) is 4.14. The first-order chi connectivity index (χ1) is 9.38. The van der Waals surface area contributed by atoms with E-state index in [0.29, 0.717) is 34.0 Å². The second-order valence-electron chi connectivity index (χ2n) is 6.35. The molecule has 1 saturated heterocycles. The second kappa shape index (κ2) is 6.55. The third-order valence-corrected chi connectivity index (χ3v) is 4.57. The van der Waals surface area contributed by atoms with Crippen molar-refractivity contribution < 1.29 is 0 Å². The molecular formula is C16H24Cl2N2. The van der Waals surface area contributed by atoms with Crippen LogP contribution >= 0.6 is 23.2 Å². The molecule has 1 N–H and O–H groups in total. The Morgan fingerprint density at radius 1 is 1.05 bits per heavy atom. The SMILES string of the molecule is CC(C)C1CN(c2cc(Cl)cc(Cl)c2)C(C(C)C)CN1. The third kappa shape index (κ3) is 3.60. The van der Waals surface area contributed by atoms with Crippen LogP contribution in [0, 0.1) is 11.8 Å². The minimum Gasteiger partial charge on any atom is -0.365 e. The number of hydrogen-bond donors (Lipinski definition) is 1. The van der Waals surface area contributed by atoms with Crippen molar-refractivity contribution >= 4 is 28.9 Å². The van der Waals surface area contributed by atoms with Gasteiger partial charge in [-0.15, -0.1) is 0 Å². The van der Waals surface area contributed by atoms with Gasteiger partial charge in [-0.1, -0.05) is 50.9 Å². The molecule has 2 nitrogen and oxygen atoms in total. The van der Waals surface area contributed by atoms with Crippen LogP contribution in [0.4, 0.5) is 5.69 Å². The van der Waals surface area contributed by atoms with Crippen molar-refractivity contribution in [1.82, 2.24) is 5.32 Å². The van der Waals surface area contributed by atoms with Crippen LogP contribution in [-0.4, -0.2) is 25.2 Å². The molecule has 2 unspecified atom stereocenters. The summed E-state index contributed by atoms with van der Waals surface area (Å²) in [5.74, 6) is 1.19. The Hall–Kier alpha value is -0.440. The lowest BCUT2D eigenvalue weighted by Gasteiger charge is -2.45. The Morgan fingerprint density at radius 3 is 2.15 bits per heavy atom. The summed E-state index contributed by atoms with van der Waals surface area (Å²) in [5, 5.41) is 5.08. The number of nitrogens with zero attached hydrogens (tertiary/aromatic N) is 1. The van der Waals surface area contributed by atoms with Crippen LogP contribution in [-0.2, 0) is 0 Å². The molecule has 112 valence electrons. The highest BCUT2D eigenvalue weighted by molar-refractivity contribution is 6.35. The van der Waals surface area contributed by atoms with E-state index >= 15 is 0 Å². The predicted molar refractivity (Wildman–Crippen MR) is 89.1 cm³/mol. The maximum atomic E-state index is 6.17. The standard InChI is InChI=1S/C16H24Cl2N2/c1-10(2)15-9-20(16(8-19-15)11(3)4)14-6-12(17)5-13(18)7-14/h5-7,10-11,15-16,19H,8-9H2,1-4H3. The predicted octanol–water partition coefficient (Wildman–Crippen LogP) is 4.45. The molecule has 2 rings (SSSR count). The molecule has 4 heteroatoms. The molecule has 0 saturated carbocycles. The fourth-order valence-electron chi connectivity index (χ4n) is 2.84. The van der Waals surface area contributed by atoms with Crippen LogP contribution in [0.1, 0.15) is 27.7 Å². The lowest BCUT2D eigenvalue weighted by atomic mass is 9.93. The number of benzene rings is 1. The average Bonchev–Trinajstić information content (AvgIpc) is 2.36. The molecule has 0 amide bonds. The molecular weight excluding hydrogens is 291 g/mol. The lowest BCUT2D eigenvalue weighted by molar-refractivity contribution is 0.295. The van der Waals surface area contributed by atoms with Crippen LogP contribution in [0.5, 0.6) is 0 Å². The summed E-state index contributed by atoms with van der Waals surface area (Å²) in [4.78, 5) is 2.46. The molecule has 0 spiro atoms. The van der Waals surface area contributed by atoms with E-state index in [1.54, 1.807) is 6.07 Å². The van der Waals surface area contributed by atoms with Crippen LogP contribution < -0.4 is 10.2 Å². The fourth-order valence-corrected chi connectivity index (χ4v) is 3.35. The Balaban J connectivity index is 2.31. The van der Waals surface area contributed by atoms with E-state index in [0.717, 1.165) is 18.8 Å². The molecule has 1 fully saturated rings. The number of hydrogen-bond acceptors (Lipinski definition) is 2. The van der Waals surface area contributed by atoms with E-state index < -0.39 is 0 Å². The van der Waals surface area contributed by atoms with Crippen molar-refractivity contribution in [2.75, 3.05) is 18.0 Å². The van der Waals surface area contributed by atoms with E-state index in [4.69, 9.17) is 23.2 Å². The zero-order chi connectivity index (χ0) is 14.9. The molecule has 0 aromatic heterocycles. The van der Waals surface area contributed by atoms with Gasteiger partial charge in [-0.2, -0.15) is 0 Å². The van der Waals surface area contributed by atoms with Crippen molar-refractivity contribution in [2.24, 2.45) is 11.8 Å². The van der Waals surface area contributed by atoms with Gasteiger partial charge in [-0.3, -0.25) is 0 Å². The van der Waals surface area contributed by atoms with Gasteiger partial charge in [0.1, 0.15) is 0 Å². The summed E-state index contributed by atoms with van der Waals surface area (Å²) >= 11 is 12.3. The summed E-state index contributed by atoms with van der Waals surface area (Å²) in [5.41, 5.74) is 1.13. The maximum Gasteiger partial charge on any atom is 0.0441 e. The molecule has 1 aliphatic heterocycles. The highest BCUT2D eigenvalue weighted by atomic mass is 35.5. The maximum absolute atomic E-state index is 6.17. The Morgan fingerprint density at radius 2 is 1.65 bits per heavy atom. The van der Waals surface area contributed by atoms with Gasteiger partial charge in [0.15, 0.2) is 0 Å². The molecule has 1 heterocycles. The number of nitrogens with one attached hydrogen (secondary N) is 1. The van der Waals surface area contributed by atoms with Crippen LogP contribution in [0.25, 0.3) is 0 Å². The molecule has 1 aliphatic rings. The summed E-state index contributed by atoms with van der Waals surface area (Å²) in [6.45, 7) is 11.1. The topological polar surface area (TPSA) is 15.3 Å². The smallest absolute Gasteiger partial charge is 0.0441 e. The lowest BCUT2D eigenvalue weighted by Crippen LogP contribution is -2.60. The number of anilines is 1. The van der Waals surface area contributed by atoms with Gasteiger partial charge in [0.25, 0.3) is 0 Å². The van der Waals surface area contributed by atoms with Gasteiger partial charge in [0.2, 0.25) is 0 Å². The number of piperazine rings is 1. The van der Waals surface area contributed by atoms with Crippen molar-refractivity contribution in [3.05, 3.63) is 28.2 Å². The normalized spacial score (nSPS) is 23.7. The fraction of sp³-hybridized carbons (Fsp3) is 0.625. The van der Waals surface area contributed by atoms with Crippen molar-refractivity contribution in [3.8, 4) is 0 Å². The van der Waals surface area contributed by atoms with E-state index in [-0.39, 0.29) is 0 Å². The van der Waals surface area contributed by atoms with Gasteiger partial charge < -0.3 is 10.2 Å².